The van der Waals surface area contributed by atoms with Crippen molar-refractivity contribution in [3.05, 3.63) is 46.5 Å². The van der Waals surface area contributed by atoms with Gasteiger partial charge in [-0.15, -0.1) is 0 Å². The largest absolute Gasteiger partial charge is 0.341 e. The van der Waals surface area contributed by atoms with Crippen LogP contribution in [0.3, 0.4) is 0 Å². The molecule has 0 unspecified atom stereocenters. The zero-order valence-electron chi connectivity index (χ0n) is 15.5. The molecule has 2 aliphatic heterocycles. The predicted molar refractivity (Wildman–Crippen MR) is 101 cm³/mol. The Kier molecular flexibility index (Phi) is 4.57. The monoisotopic (exact) mass is 351 g/mol. The minimum atomic E-state index is 0.0550. The van der Waals surface area contributed by atoms with E-state index in [-0.39, 0.29) is 5.91 Å². The molecule has 0 atom stereocenters. The quantitative estimate of drug-likeness (QED) is 0.831. The Bertz CT molecular complexity index is 829. The fourth-order valence-corrected chi connectivity index (χ4v) is 3.89. The number of aryl methyl sites for hydroxylation is 2. The van der Waals surface area contributed by atoms with Gasteiger partial charge >= 0.3 is 0 Å². The van der Waals surface area contributed by atoms with Crippen molar-refractivity contribution in [1.29, 1.82) is 0 Å². The summed E-state index contributed by atoms with van der Waals surface area (Å²) >= 11 is 0. The number of amides is 1. The third kappa shape index (κ3) is 3.28. The fourth-order valence-electron chi connectivity index (χ4n) is 3.89. The predicted octanol–water partition coefficient (Wildman–Crippen LogP) is 2.33. The van der Waals surface area contributed by atoms with E-state index >= 15 is 0 Å². The average Bonchev–Trinajstić information content (AvgIpc) is 3.08. The van der Waals surface area contributed by atoms with Crippen molar-refractivity contribution in [2.24, 2.45) is 0 Å². The van der Waals surface area contributed by atoms with Crippen LogP contribution in [0.1, 0.15) is 45.7 Å². The van der Waals surface area contributed by atoms with Crippen molar-refractivity contribution >= 4 is 11.9 Å². The molecule has 0 bridgehead atoms. The molecule has 2 aromatic heterocycles. The lowest BCUT2D eigenvalue weighted by molar-refractivity contribution is 0.0762. The Morgan fingerprint density at radius 2 is 1.77 bits per heavy atom. The summed E-state index contributed by atoms with van der Waals surface area (Å²) in [7, 11) is 0. The second-order valence-electron chi connectivity index (χ2n) is 7.27. The van der Waals surface area contributed by atoms with Crippen molar-refractivity contribution in [3.8, 4) is 0 Å². The molecule has 6 nitrogen and oxygen atoms in total. The van der Waals surface area contributed by atoms with Crippen LogP contribution in [0, 0.1) is 13.8 Å². The van der Waals surface area contributed by atoms with Gasteiger partial charge in [0.1, 0.15) is 0 Å². The summed E-state index contributed by atoms with van der Waals surface area (Å²) in [6, 6.07) is 1.91. The molecule has 0 aliphatic carbocycles. The van der Waals surface area contributed by atoms with E-state index in [1.54, 1.807) is 12.4 Å². The molecule has 0 aromatic carbocycles. The second-order valence-corrected chi connectivity index (χ2v) is 7.27. The van der Waals surface area contributed by atoms with E-state index < -0.39 is 0 Å². The molecule has 2 aliphatic rings. The molecule has 0 radical (unpaired) electrons. The van der Waals surface area contributed by atoms with Crippen molar-refractivity contribution in [2.45, 2.75) is 39.5 Å². The number of hydrogen-bond donors (Lipinski definition) is 0. The number of anilines is 1. The zero-order valence-corrected chi connectivity index (χ0v) is 15.5. The van der Waals surface area contributed by atoms with Crippen LogP contribution >= 0.6 is 0 Å². The summed E-state index contributed by atoms with van der Waals surface area (Å²) in [4.78, 5) is 30.8. The molecular formula is C20H25N5O. The molecule has 1 amide bonds. The van der Waals surface area contributed by atoms with E-state index in [0.717, 1.165) is 48.8 Å². The van der Waals surface area contributed by atoms with E-state index in [1.807, 2.05) is 17.9 Å². The number of carbonyl (C=O) groups is 1. The van der Waals surface area contributed by atoms with Gasteiger partial charge in [0.25, 0.3) is 5.91 Å². The van der Waals surface area contributed by atoms with Crippen LogP contribution in [0.25, 0.3) is 0 Å². The highest BCUT2D eigenvalue weighted by molar-refractivity contribution is 5.94. The Balaban J connectivity index is 1.55. The third-order valence-electron chi connectivity index (χ3n) is 5.34. The summed E-state index contributed by atoms with van der Waals surface area (Å²) in [5.41, 5.74) is 5.05. The Morgan fingerprint density at radius 3 is 2.54 bits per heavy atom. The maximum absolute atomic E-state index is 12.9. The number of pyridine rings is 1. The summed E-state index contributed by atoms with van der Waals surface area (Å²) in [5, 5.41) is 0. The minimum Gasteiger partial charge on any atom is -0.341 e. The van der Waals surface area contributed by atoms with E-state index in [4.69, 9.17) is 9.97 Å². The Labute approximate surface area is 154 Å². The van der Waals surface area contributed by atoms with Crippen LogP contribution in [0.5, 0.6) is 0 Å². The van der Waals surface area contributed by atoms with Crippen LogP contribution in [-0.2, 0) is 12.8 Å². The topological polar surface area (TPSA) is 62.2 Å². The number of rotatable bonds is 2. The maximum atomic E-state index is 12.9. The van der Waals surface area contributed by atoms with Gasteiger partial charge in [0.2, 0.25) is 5.95 Å². The summed E-state index contributed by atoms with van der Waals surface area (Å²) in [6.07, 6.45) is 7.45. The normalized spacial score (nSPS) is 17.2. The van der Waals surface area contributed by atoms with Gasteiger partial charge in [0, 0.05) is 50.7 Å². The molecule has 26 heavy (non-hydrogen) atoms. The smallest absolute Gasteiger partial charge is 0.255 e. The average molecular weight is 351 g/mol. The van der Waals surface area contributed by atoms with Crippen molar-refractivity contribution < 1.29 is 4.79 Å². The van der Waals surface area contributed by atoms with Crippen molar-refractivity contribution in [3.63, 3.8) is 0 Å². The van der Waals surface area contributed by atoms with Gasteiger partial charge < -0.3 is 9.80 Å². The fraction of sp³-hybridized carbons (Fsp3) is 0.500. The lowest BCUT2D eigenvalue weighted by Gasteiger charge is -2.20. The number of hydrogen-bond acceptors (Lipinski definition) is 5. The molecule has 4 heterocycles. The van der Waals surface area contributed by atoms with Crippen molar-refractivity contribution in [2.75, 3.05) is 31.1 Å². The third-order valence-corrected chi connectivity index (χ3v) is 5.34. The molecule has 1 saturated heterocycles. The molecule has 0 spiro atoms. The highest BCUT2D eigenvalue weighted by atomic mass is 16.2. The minimum absolute atomic E-state index is 0.0550. The first-order valence-electron chi connectivity index (χ1n) is 9.44. The van der Waals surface area contributed by atoms with Gasteiger partial charge in [-0.3, -0.25) is 9.78 Å². The van der Waals surface area contributed by atoms with Crippen LogP contribution in [0.4, 0.5) is 5.95 Å². The van der Waals surface area contributed by atoms with Crippen LogP contribution < -0.4 is 4.90 Å². The first kappa shape index (κ1) is 16.9. The summed E-state index contributed by atoms with van der Waals surface area (Å²) in [5.74, 6) is 0.917. The van der Waals surface area contributed by atoms with E-state index in [0.29, 0.717) is 18.7 Å². The standard InChI is InChI=1S/C20H25N5O/c1-14-11-16(13-21-12-14)19(26)24-9-5-17-15(2)22-20(23-18(17)6-10-24)25-7-3-4-8-25/h11-13H,3-10H2,1-2H3. The van der Waals surface area contributed by atoms with Gasteiger partial charge in [-0.05, 0) is 50.3 Å². The Morgan fingerprint density at radius 1 is 1.00 bits per heavy atom. The molecule has 4 rings (SSSR count). The lowest BCUT2D eigenvalue weighted by atomic mass is 10.1. The van der Waals surface area contributed by atoms with Gasteiger partial charge in [-0.2, -0.15) is 0 Å². The second kappa shape index (κ2) is 7.02. The van der Waals surface area contributed by atoms with Gasteiger partial charge in [-0.25, -0.2) is 9.97 Å². The van der Waals surface area contributed by atoms with Crippen molar-refractivity contribution in [1.82, 2.24) is 19.9 Å². The molecule has 136 valence electrons. The number of nitrogens with zero attached hydrogens (tertiary/aromatic N) is 5. The van der Waals surface area contributed by atoms with E-state index in [1.165, 1.54) is 18.4 Å². The van der Waals surface area contributed by atoms with Gasteiger partial charge in [0.05, 0.1) is 11.3 Å². The van der Waals surface area contributed by atoms with E-state index in [2.05, 4.69) is 16.8 Å². The molecule has 0 N–H and O–H groups in total. The first-order valence-corrected chi connectivity index (χ1v) is 9.44. The number of carbonyl (C=O) groups excluding carboxylic acids is 1. The Hall–Kier alpha value is -2.50. The highest BCUT2D eigenvalue weighted by Crippen LogP contribution is 2.23. The van der Waals surface area contributed by atoms with E-state index in [9.17, 15) is 4.79 Å². The van der Waals surface area contributed by atoms with Crippen LogP contribution in [0.15, 0.2) is 18.5 Å². The molecule has 0 saturated carbocycles. The summed E-state index contributed by atoms with van der Waals surface area (Å²) < 4.78 is 0. The van der Waals surface area contributed by atoms with Gasteiger partial charge in [-0.1, -0.05) is 0 Å². The highest BCUT2D eigenvalue weighted by Gasteiger charge is 2.24. The SMILES string of the molecule is Cc1cncc(C(=O)N2CCc3nc(N4CCCC4)nc(C)c3CC2)c1. The zero-order chi connectivity index (χ0) is 18.1. The van der Waals surface area contributed by atoms with Crippen LogP contribution in [-0.4, -0.2) is 51.9 Å². The summed E-state index contributed by atoms with van der Waals surface area (Å²) in [6.45, 7) is 7.51. The molecular weight excluding hydrogens is 326 g/mol. The first-order chi connectivity index (χ1) is 12.6. The molecule has 6 heteroatoms. The molecule has 2 aromatic rings. The number of aromatic nitrogens is 3. The van der Waals surface area contributed by atoms with Gasteiger partial charge in [0.15, 0.2) is 0 Å². The maximum Gasteiger partial charge on any atom is 0.255 e. The lowest BCUT2D eigenvalue weighted by Crippen LogP contribution is -2.33. The molecule has 1 fully saturated rings. The number of fused-ring (bicyclic) bond motifs is 1. The van der Waals surface area contributed by atoms with Crippen LogP contribution in [0.2, 0.25) is 0 Å².